The average Bonchev–Trinajstić information content (AvgIpc) is 2.99. The highest BCUT2D eigenvalue weighted by atomic mass is 35.5. The molecule has 1 heterocycles. The Morgan fingerprint density at radius 2 is 1.92 bits per heavy atom. The quantitative estimate of drug-likeness (QED) is 0.738. The number of benzene rings is 2. The van der Waals surface area contributed by atoms with E-state index in [2.05, 4.69) is 4.98 Å². The molecule has 0 radical (unpaired) electrons. The minimum absolute atomic E-state index is 0.0579. The third-order valence-electron chi connectivity index (χ3n) is 3.96. The average molecular weight is 343 g/mol. The summed E-state index contributed by atoms with van der Waals surface area (Å²) in [5, 5.41) is 1.66. The van der Waals surface area contributed by atoms with Gasteiger partial charge in [-0.15, -0.1) is 0 Å². The molecule has 1 N–H and O–H groups in total. The summed E-state index contributed by atoms with van der Waals surface area (Å²) in [5.74, 6) is 0.694. The number of nitrogens with one attached hydrogen (secondary N) is 1. The molecule has 124 valence electrons. The molecule has 3 rings (SSSR count). The molecule has 4 nitrogen and oxygen atoms in total. The van der Waals surface area contributed by atoms with Crippen LogP contribution in [0.25, 0.3) is 10.9 Å². The van der Waals surface area contributed by atoms with E-state index >= 15 is 0 Å². The highest BCUT2D eigenvalue weighted by molar-refractivity contribution is 6.32. The number of ether oxygens (including phenoxy) is 1. The fourth-order valence-corrected chi connectivity index (χ4v) is 2.75. The van der Waals surface area contributed by atoms with Crippen molar-refractivity contribution in [3.8, 4) is 5.75 Å². The summed E-state index contributed by atoms with van der Waals surface area (Å²) >= 11 is 6.04. The molecule has 2 aromatic carbocycles. The minimum atomic E-state index is 0.0579. The van der Waals surface area contributed by atoms with Gasteiger partial charge >= 0.3 is 0 Å². The Bertz CT molecular complexity index is 844. The molecule has 0 bridgehead atoms. The number of para-hydroxylation sites is 2. The van der Waals surface area contributed by atoms with Gasteiger partial charge in [0.2, 0.25) is 5.91 Å². The molecule has 0 spiro atoms. The van der Waals surface area contributed by atoms with Gasteiger partial charge in [-0.1, -0.05) is 41.9 Å². The molecule has 0 saturated heterocycles. The number of carbonyl (C=O) groups excluding carboxylic acids is 1. The van der Waals surface area contributed by atoms with Gasteiger partial charge in [-0.25, -0.2) is 0 Å². The van der Waals surface area contributed by atoms with Crippen LogP contribution in [0.4, 0.5) is 0 Å². The molecule has 0 unspecified atom stereocenters. The van der Waals surface area contributed by atoms with Gasteiger partial charge in [0.1, 0.15) is 12.4 Å². The summed E-state index contributed by atoms with van der Waals surface area (Å²) in [6.45, 7) is 0.909. The van der Waals surface area contributed by atoms with Crippen LogP contribution in [0, 0.1) is 0 Å². The lowest BCUT2D eigenvalue weighted by molar-refractivity contribution is -0.129. The van der Waals surface area contributed by atoms with Crippen molar-refractivity contribution in [1.82, 2.24) is 9.88 Å². The van der Waals surface area contributed by atoms with Gasteiger partial charge in [-0.05, 0) is 23.8 Å². The van der Waals surface area contributed by atoms with E-state index < -0.39 is 0 Å². The molecule has 5 heteroatoms. The normalized spacial score (nSPS) is 10.8. The molecule has 0 aliphatic carbocycles. The number of nitrogens with zero attached hydrogens (tertiary/aromatic N) is 1. The Morgan fingerprint density at radius 1 is 1.17 bits per heavy atom. The third-order valence-corrected chi connectivity index (χ3v) is 4.28. The first-order chi connectivity index (χ1) is 11.6. The summed E-state index contributed by atoms with van der Waals surface area (Å²) in [5.41, 5.74) is 2.06. The van der Waals surface area contributed by atoms with Crippen LogP contribution in [-0.4, -0.2) is 36.0 Å². The SMILES string of the molecule is CN(CCOc1ccccc1Cl)C(=O)Cc1c[nH]c2ccccc12. The fourth-order valence-electron chi connectivity index (χ4n) is 2.55. The highest BCUT2D eigenvalue weighted by Gasteiger charge is 2.13. The van der Waals surface area contributed by atoms with Crippen LogP contribution in [-0.2, 0) is 11.2 Å². The van der Waals surface area contributed by atoms with E-state index in [9.17, 15) is 4.79 Å². The first-order valence-corrected chi connectivity index (χ1v) is 8.19. The number of H-pyrrole nitrogens is 1. The number of fused-ring (bicyclic) bond motifs is 1. The van der Waals surface area contributed by atoms with Gasteiger partial charge in [0, 0.05) is 24.1 Å². The van der Waals surface area contributed by atoms with E-state index in [1.807, 2.05) is 48.7 Å². The van der Waals surface area contributed by atoms with Crippen LogP contribution >= 0.6 is 11.6 Å². The summed E-state index contributed by atoms with van der Waals surface area (Å²) in [4.78, 5) is 17.3. The van der Waals surface area contributed by atoms with Crippen molar-refractivity contribution in [3.05, 3.63) is 65.3 Å². The second-order valence-corrected chi connectivity index (χ2v) is 6.04. The zero-order chi connectivity index (χ0) is 16.9. The first kappa shape index (κ1) is 16.4. The number of amides is 1. The Balaban J connectivity index is 1.54. The maximum Gasteiger partial charge on any atom is 0.226 e. The molecule has 0 fully saturated rings. The molecule has 24 heavy (non-hydrogen) atoms. The topological polar surface area (TPSA) is 45.3 Å². The van der Waals surface area contributed by atoms with E-state index in [1.165, 1.54) is 0 Å². The summed E-state index contributed by atoms with van der Waals surface area (Å²) < 4.78 is 5.63. The maximum absolute atomic E-state index is 12.4. The minimum Gasteiger partial charge on any atom is -0.490 e. The number of carbonyl (C=O) groups is 1. The van der Waals surface area contributed by atoms with Crippen molar-refractivity contribution in [2.75, 3.05) is 20.2 Å². The standard InChI is InChI=1S/C19H19ClN2O2/c1-22(10-11-24-18-9-5-3-7-16(18)20)19(23)12-14-13-21-17-8-4-2-6-15(14)17/h2-9,13,21H,10-12H2,1H3. The number of halogens is 1. The van der Waals surface area contributed by atoms with E-state index in [4.69, 9.17) is 16.3 Å². The van der Waals surface area contributed by atoms with Crippen molar-refractivity contribution in [2.45, 2.75) is 6.42 Å². The molecule has 0 saturated carbocycles. The van der Waals surface area contributed by atoms with Gasteiger partial charge in [0.15, 0.2) is 0 Å². The number of hydrogen-bond donors (Lipinski definition) is 1. The second-order valence-electron chi connectivity index (χ2n) is 5.63. The first-order valence-electron chi connectivity index (χ1n) is 7.81. The van der Waals surface area contributed by atoms with E-state index in [1.54, 1.807) is 18.0 Å². The van der Waals surface area contributed by atoms with E-state index in [-0.39, 0.29) is 5.91 Å². The number of aromatic nitrogens is 1. The number of hydrogen-bond acceptors (Lipinski definition) is 2. The maximum atomic E-state index is 12.4. The van der Waals surface area contributed by atoms with Crippen LogP contribution in [0.1, 0.15) is 5.56 Å². The zero-order valence-electron chi connectivity index (χ0n) is 13.5. The monoisotopic (exact) mass is 342 g/mol. The molecule has 1 aromatic heterocycles. The molecular formula is C19H19ClN2O2. The lowest BCUT2D eigenvalue weighted by Gasteiger charge is -2.17. The largest absolute Gasteiger partial charge is 0.490 e. The number of likely N-dealkylation sites (N-methyl/N-ethyl adjacent to an activating group) is 1. The second kappa shape index (κ2) is 7.41. The predicted octanol–water partition coefficient (Wildman–Crippen LogP) is 3.90. The highest BCUT2D eigenvalue weighted by Crippen LogP contribution is 2.23. The van der Waals surface area contributed by atoms with Crippen molar-refractivity contribution in [2.24, 2.45) is 0 Å². The zero-order valence-corrected chi connectivity index (χ0v) is 14.2. The lowest BCUT2D eigenvalue weighted by Crippen LogP contribution is -2.32. The lowest BCUT2D eigenvalue weighted by atomic mass is 10.1. The van der Waals surface area contributed by atoms with Gasteiger partial charge in [-0.3, -0.25) is 4.79 Å². The molecule has 0 atom stereocenters. The smallest absolute Gasteiger partial charge is 0.226 e. The number of rotatable bonds is 6. The van der Waals surface area contributed by atoms with Crippen molar-refractivity contribution >= 4 is 28.4 Å². The van der Waals surface area contributed by atoms with Gasteiger partial charge in [0.05, 0.1) is 18.0 Å². The van der Waals surface area contributed by atoms with Crippen molar-refractivity contribution in [1.29, 1.82) is 0 Å². The van der Waals surface area contributed by atoms with Gasteiger partial charge < -0.3 is 14.6 Å². The fraction of sp³-hybridized carbons (Fsp3) is 0.211. The Morgan fingerprint density at radius 3 is 2.75 bits per heavy atom. The molecule has 0 aliphatic heterocycles. The predicted molar refractivity (Wildman–Crippen MR) is 96.6 cm³/mol. The summed E-state index contributed by atoms with van der Waals surface area (Å²) in [7, 11) is 1.78. The molecular weight excluding hydrogens is 324 g/mol. The summed E-state index contributed by atoms with van der Waals surface area (Å²) in [6, 6.07) is 15.3. The van der Waals surface area contributed by atoms with Crippen LogP contribution in [0.5, 0.6) is 5.75 Å². The third kappa shape index (κ3) is 3.71. The molecule has 3 aromatic rings. The van der Waals surface area contributed by atoms with Crippen LogP contribution in [0.15, 0.2) is 54.7 Å². The van der Waals surface area contributed by atoms with E-state index in [0.29, 0.717) is 30.3 Å². The summed E-state index contributed by atoms with van der Waals surface area (Å²) in [6.07, 6.45) is 2.27. The molecule has 1 amide bonds. The van der Waals surface area contributed by atoms with Crippen molar-refractivity contribution < 1.29 is 9.53 Å². The van der Waals surface area contributed by atoms with Crippen LogP contribution in [0.3, 0.4) is 0 Å². The van der Waals surface area contributed by atoms with Crippen LogP contribution in [0.2, 0.25) is 5.02 Å². The molecule has 0 aliphatic rings. The van der Waals surface area contributed by atoms with Crippen LogP contribution < -0.4 is 4.74 Å². The van der Waals surface area contributed by atoms with Gasteiger partial charge in [0.25, 0.3) is 0 Å². The van der Waals surface area contributed by atoms with Crippen molar-refractivity contribution in [3.63, 3.8) is 0 Å². The Kier molecular flexibility index (Phi) is 5.06. The Hall–Kier alpha value is -2.46. The number of aromatic amines is 1. The van der Waals surface area contributed by atoms with Gasteiger partial charge in [-0.2, -0.15) is 0 Å². The van der Waals surface area contributed by atoms with E-state index in [0.717, 1.165) is 16.5 Å². The Labute approximate surface area is 146 Å².